The topological polar surface area (TPSA) is 55.8 Å². The van der Waals surface area contributed by atoms with Gasteiger partial charge in [-0.25, -0.2) is 4.79 Å². The number of carboxylic acids is 1. The van der Waals surface area contributed by atoms with Crippen molar-refractivity contribution in [2.24, 2.45) is 0 Å². The van der Waals surface area contributed by atoms with E-state index in [1.807, 2.05) is 18.2 Å². The number of carbonyl (C=O) groups is 1. The van der Waals surface area contributed by atoms with Gasteiger partial charge in [-0.15, -0.1) is 0 Å². The largest absolute Gasteiger partial charge is 0.497 e. The predicted molar refractivity (Wildman–Crippen MR) is 131 cm³/mol. The van der Waals surface area contributed by atoms with Crippen LogP contribution in [-0.4, -0.2) is 25.3 Å². The van der Waals surface area contributed by atoms with E-state index in [0.29, 0.717) is 5.56 Å². The van der Waals surface area contributed by atoms with Crippen molar-refractivity contribution in [3.8, 4) is 11.5 Å². The Balaban J connectivity index is 1.63. The first-order valence-corrected chi connectivity index (χ1v) is 11.5. The zero-order chi connectivity index (χ0) is 23.6. The lowest BCUT2D eigenvalue weighted by Gasteiger charge is -2.29. The smallest absolute Gasteiger partial charge is 0.335 e. The molecule has 0 spiro atoms. The molecular formula is C29H32O4. The normalized spacial score (nSPS) is 17.0. The molecule has 4 nitrogen and oxygen atoms in total. The van der Waals surface area contributed by atoms with Crippen LogP contribution >= 0.6 is 0 Å². The van der Waals surface area contributed by atoms with Crippen LogP contribution in [0.25, 0.3) is 0 Å². The van der Waals surface area contributed by atoms with Crippen molar-refractivity contribution in [1.82, 2.24) is 0 Å². The molecule has 33 heavy (non-hydrogen) atoms. The number of methoxy groups -OCH3 is 2. The third-order valence-electron chi connectivity index (χ3n) is 7.05. The van der Waals surface area contributed by atoms with E-state index in [1.165, 1.54) is 27.8 Å². The van der Waals surface area contributed by atoms with Gasteiger partial charge in [0.05, 0.1) is 19.8 Å². The highest BCUT2D eigenvalue weighted by Crippen LogP contribution is 2.45. The summed E-state index contributed by atoms with van der Waals surface area (Å²) in [7, 11) is 3.38. The van der Waals surface area contributed by atoms with Crippen LogP contribution in [0.4, 0.5) is 0 Å². The molecule has 3 aromatic rings. The lowest BCUT2D eigenvalue weighted by atomic mass is 9.75. The second-order valence-corrected chi connectivity index (χ2v) is 9.36. The third-order valence-corrected chi connectivity index (χ3v) is 7.05. The van der Waals surface area contributed by atoms with Crippen LogP contribution in [0.15, 0.2) is 54.6 Å². The lowest BCUT2D eigenvalue weighted by Crippen LogP contribution is -2.23. The van der Waals surface area contributed by atoms with Crippen LogP contribution in [0.1, 0.15) is 57.1 Å². The van der Waals surface area contributed by atoms with Crippen molar-refractivity contribution in [1.29, 1.82) is 0 Å². The van der Waals surface area contributed by atoms with Crippen molar-refractivity contribution < 1.29 is 19.4 Å². The van der Waals surface area contributed by atoms with Gasteiger partial charge in [0.2, 0.25) is 0 Å². The van der Waals surface area contributed by atoms with Gasteiger partial charge in [0.25, 0.3) is 0 Å². The summed E-state index contributed by atoms with van der Waals surface area (Å²) in [5.74, 6) is 0.753. The molecule has 4 heteroatoms. The van der Waals surface area contributed by atoms with Gasteiger partial charge in [0.1, 0.15) is 11.5 Å². The molecule has 0 radical (unpaired) electrons. The second-order valence-electron chi connectivity index (χ2n) is 9.36. The van der Waals surface area contributed by atoms with Gasteiger partial charge < -0.3 is 14.6 Å². The Morgan fingerprint density at radius 1 is 0.939 bits per heavy atom. The lowest BCUT2D eigenvalue weighted by molar-refractivity contribution is 0.0697. The minimum atomic E-state index is -0.886. The zero-order valence-electron chi connectivity index (χ0n) is 19.9. The van der Waals surface area contributed by atoms with E-state index in [0.717, 1.165) is 49.2 Å². The van der Waals surface area contributed by atoms with Gasteiger partial charge >= 0.3 is 5.97 Å². The molecule has 0 aliphatic heterocycles. The Hall–Kier alpha value is -3.27. The molecule has 1 aliphatic rings. The van der Waals surface area contributed by atoms with Crippen molar-refractivity contribution in [3.05, 3.63) is 93.5 Å². The van der Waals surface area contributed by atoms with Gasteiger partial charge in [-0.1, -0.05) is 31.2 Å². The van der Waals surface area contributed by atoms with Crippen LogP contribution in [0.5, 0.6) is 11.5 Å². The van der Waals surface area contributed by atoms with Crippen LogP contribution in [-0.2, 0) is 31.1 Å². The summed E-state index contributed by atoms with van der Waals surface area (Å²) in [6, 6.07) is 17.9. The van der Waals surface area contributed by atoms with E-state index in [1.54, 1.807) is 26.4 Å². The van der Waals surface area contributed by atoms with Crippen LogP contribution in [0.3, 0.4) is 0 Å². The summed E-state index contributed by atoms with van der Waals surface area (Å²) in [6.07, 6.45) is 4.97. The fourth-order valence-electron chi connectivity index (χ4n) is 5.30. The molecule has 4 rings (SSSR count). The Morgan fingerprint density at radius 3 is 2.21 bits per heavy atom. The Kier molecular flexibility index (Phi) is 6.46. The molecule has 172 valence electrons. The van der Waals surface area contributed by atoms with E-state index >= 15 is 0 Å². The van der Waals surface area contributed by atoms with E-state index in [-0.39, 0.29) is 5.41 Å². The molecule has 0 saturated heterocycles. The third kappa shape index (κ3) is 4.75. The molecule has 0 aromatic heterocycles. The number of ether oxygens (including phenoxy) is 2. The zero-order valence-corrected chi connectivity index (χ0v) is 19.9. The van der Waals surface area contributed by atoms with Gasteiger partial charge in [0.15, 0.2) is 0 Å². The number of fused-ring (bicyclic) bond motifs is 1. The maximum Gasteiger partial charge on any atom is 0.335 e. The highest BCUT2D eigenvalue weighted by Gasteiger charge is 2.37. The SMILES string of the molecule is COc1cc(CC2(C)CCc3c(C)ccc(CCc4ccc(C(=O)O)cc4)c32)cc(OC)c1. The van der Waals surface area contributed by atoms with Gasteiger partial charge in [-0.05, 0) is 102 Å². The molecule has 1 atom stereocenters. The second kappa shape index (κ2) is 9.30. The fourth-order valence-corrected chi connectivity index (χ4v) is 5.30. The van der Waals surface area contributed by atoms with Gasteiger partial charge in [-0.2, -0.15) is 0 Å². The number of carboxylic acid groups (broad SMARTS) is 1. The Labute approximate surface area is 196 Å². The van der Waals surface area contributed by atoms with E-state index < -0.39 is 5.97 Å². The summed E-state index contributed by atoms with van der Waals surface area (Å²) in [5, 5.41) is 9.14. The summed E-state index contributed by atoms with van der Waals surface area (Å²) >= 11 is 0. The monoisotopic (exact) mass is 444 g/mol. The Morgan fingerprint density at radius 2 is 1.61 bits per heavy atom. The number of hydrogen-bond donors (Lipinski definition) is 1. The number of rotatable bonds is 8. The minimum absolute atomic E-state index is 0.0429. The van der Waals surface area contributed by atoms with Crippen LogP contribution in [0.2, 0.25) is 0 Å². The highest BCUT2D eigenvalue weighted by atomic mass is 16.5. The Bertz CT molecular complexity index is 1140. The van der Waals surface area contributed by atoms with E-state index in [2.05, 4.69) is 38.1 Å². The molecule has 0 heterocycles. The van der Waals surface area contributed by atoms with E-state index in [4.69, 9.17) is 14.6 Å². The predicted octanol–water partition coefficient (Wildman–Crippen LogP) is 5.94. The molecule has 0 fully saturated rings. The maximum absolute atomic E-state index is 11.1. The van der Waals surface area contributed by atoms with E-state index in [9.17, 15) is 4.79 Å². The maximum atomic E-state index is 11.1. The first-order valence-electron chi connectivity index (χ1n) is 11.5. The molecule has 1 unspecified atom stereocenters. The molecular weight excluding hydrogens is 412 g/mol. The highest BCUT2D eigenvalue weighted by molar-refractivity contribution is 5.87. The number of aromatic carboxylic acids is 1. The molecule has 3 aromatic carbocycles. The summed E-state index contributed by atoms with van der Waals surface area (Å²) in [6.45, 7) is 4.60. The quantitative estimate of drug-likeness (QED) is 0.467. The molecule has 0 saturated carbocycles. The van der Waals surface area contributed by atoms with Gasteiger partial charge in [-0.3, -0.25) is 0 Å². The van der Waals surface area contributed by atoms with Gasteiger partial charge in [0, 0.05) is 6.07 Å². The number of benzene rings is 3. The molecule has 1 N–H and O–H groups in total. The van der Waals surface area contributed by atoms with Crippen molar-refractivity contribution in [2.45, 2.75) is 51.4 Å². The summed E-state index contributed by atoms with van der Waals surface area (Å²) in [4.78, 5) is 11.1. The molecule has 1 aliphatic carbocycles. The van der Waals surface area contributed by atoms with Crippen molar-refractivity contribution in [3.63, 3.8) is 0 Å². The van der Waals surface area contributed by atoms with Crippen molar-refractivity contribution >= 4 is 5.97 Å². The molecule has 0 amide bonds. The average Bonchev–Trinajstić information content (AvgIpc) is 3.16. The average molecular weight is 445 g/mol. The summed E-state index contributed by atoms with van der Waals surface area (Å²) < 4.78 is 11.0. The molecule has 0 bridgehead atoms. The fraction of sp³-hybridized carbons (Fsp3) is 0.345. The first kappa shape index (κ1) is 22.9. The minimum Gasteiger partial charge on any atom is -0.497 e. The van der Waals surface area contributed by atoms with Crippen LogP contribution < -0.4 is 9.47 Å². The standard InChI is InChI=1S/C29H32O4/c1-19-5-9-22(10-6-20-7-11-23(12-8-20)28(30)31)27-26(19)13-14-29(27,2)18-21-15-24(32-3)17-25(16-21)33-4/h5,7-9,11-12,15-17H,6,10,13-14,18H2,1-4H3,(H,30,31). The number of hydrogen-bond acceptors (Lipinski definition) is 3. The van der Waals surface area contributed by atoms with Crippen LogP contribution in [0, 0.1) is 6.92 Å². The van der Waals surface area contributed by atoms with Crippen molar-refractivity contribution in [2.75, 3.05) is 14.2 Å². The number of aryl methyl sites for hydroxylation is 3. The summed E-state index contributed by atoms with van der Waals surface area (Å²) in [5.41, 5.74) is 8.50. The first-order chi connectivity index (χ1) is 15.8.